The van der Waals surface area contributed by atoms with Crippen molar-refractivity contribution in [3.05, 3.63) is 90.5 Å². The predicted octanol–water partition coefficient (Wildman–Crippen LogP) is 7.46. The zero-order valence-corrected chi connectivity index (χ0v) is 38.2. The number of nitrogens with zero attached hydrogens (tertiary/aromatic N) is 4. The maximum atomic E-state index is 13.7. The van der Waals surface area contributed by atoms with Crippen LogP contribution in [0, 0.1) is 0 Å². The molecule has 4 aromatic rings. The third-order valence-electron chi connectivity index (χ3n) is 11.2. The summed E-state index contributed by atoms with van der Waals surface area (Å²) < 4.78 is 37.6. The van der Waals surface area contributed by atoms with Gasteiger partial charge in [-0.15, -0.1) is 0 Å². The Morgan fingerprint density at radius 1 is 0.908 bits per heavy atom. The Labute approximate surface area is 380 Å². The third-order valence-corrected chi connectivity index (χ3v) is 11.2. The third kappa shape index (κ3) is 13.1. The number of likely N-dealkylation sites (tertiary alicyclic amines) is 1. The summed E-state index contributed by atoms with van der Waals surface area (Å²) >= 11 is 0. The smallest absolute Gasteiger partial charge is 0.416 e. The lowest BCUT2D eigenvalue weighted by atomic mass is 9.99. The molecule has 2 amide bonds. The maximum absolute atomic E-state index is 13.7. The molecule has 2 saturated heterocycles. The number of hydrogen-bond acceptors (Lipinski definition) is 13. The number of likely N-dealkylation sites (N-methyl/N-ethyl adjacent to an activating group) is 1. The summed E-state index contributed by atoms with van der Waals surface area (Å²) in [5, 5.41) is 5.91. The minimum Gasteiger partial charge on any atom is -0.493 e. The lowest BCUT2D eigenvalue weighted by Crippen LogP contribution is -2.57. The van der Waals surface area contributed by atoms with Gasteiger partial charge in [-0.1, -0.05) is 31.2 Å². The van der Waals surface area contributed by atoms with Crippen LogP contribution >= 0.6 is 0 Å². The van der Waals surface area contributed by atoms with Crippen LogP contribution in [0.5, 0.6) is 11.5 Å². The molecule has 2 aromatic carbocycles. The van der Waals surface area contributed by atoms with Crippen molar-refractivity contribution in [2.24, 2.45) is 14.1 Å². The number of carbonyl (C=O) groups excluding carboxylic acids is 5. The van der Waals surface area contributed by atoms with Crippen molar-refractivity contribution in [2.45, 2.75) is 69.9 Å². The molecule has 17 heteroatoms. The number of unbranched alkanes of at least 4 members (excludes halogenated alkanes) is 1. The van der Waals surface area contributed by atoms with Gasteiger partial charge in [-0.2, -0.15) is 0 Å². The Hall–Kier alpha value is -6.43. The van der Waals surface area contributed by atoms with Crippen molar-refractivity contribution in [2.75, 3.05) is 70.2 Å². The fraction of sp³-hybridized carbons (Fsp3) is 0.438. The van der Waals surface area contributed by atoms with E-state index in [0.29, 0.717) is 60.7 Å². The number of nitrogens with one attached hydrogen (secondary N) is 2. The van der Waals surface area contributed by atoms with Gasteiger partial charge in [0.05, 0.1) is 38.2 Å². The van der Waals surface area contributed by atoms with Gasteiger partial charge in [0, 0.05) is 69.4 Å². The van der Waals surface area contributed by atoms with Gasteiger partial charge in [0.1, 0.15) is 24.3 Å². The number of aromatic nitrogens is 2. The van der Waals surface area contributed by atoms with Crippen molar-refractivity contribution >= 4 is 47.6 Å². The molecule has 0 bridgehead atoms. The number of aldehydes is 2. The highest BCUT2D eigenvalue weighted by molar-refractivity contribution is 6.04. The maximum Gasteiger partial charge on any atom is 0.416 e. The zero-order valence-electron chi connectivity index (χ0n) is 38.2. The number of carbonyl (C=O) groups is 5. The summed E-state index contributed by atoms with van der Waals surface area (Å²) in [6.45, 7) is 5.33. The van der Waals surface area contributed by atoms with Gasteiger partial charge < -0.3 is 53.0 Å². The highest BCUT2D eigenvalue weighted by atomic mass is 16.7. The number of aryl methyl sites for hydroxylation is 2. The van der Waals surface area contributed by atoms with Crippen molar-refractivity contribution in [3.63, 3.8) is 0 Å². The SMILES string of the molecule is C=CCOC(=O)N(c1cc(OCCCC=O)c(OC)cc1C=O)C(OC1CCCCO1)C1CCCCN1C.CNc1cc(C(=O)Nc2ccc(-c3cc(C(=O)OC)n(C)c3)cc2)n(C)c1. The van der Waals surface area contributed by atoms with Gasteiger partial charge in [0.2, 0.25) is 0 Å². The van der Waals surface area contributed by atoms with Gasteiger partial charge in [-0.25, -0.2) is 14.5 Å². The largest absolute Gasteiger partial charge is 0.493 e. The molecule has 2 aliphatic heterocycles. The average molecular weight is 899 g/mol. The monoisotopic (exact) mass is 898 g/mol. The number of esters is 1. The summed E-state index contributed by atoms with van der Waals surface area (Å²) in [5.41, 5.74) is 4.95. The standard InChI is InChI=1S/C28H40N2O8.C20H22N4O3/c1-4-15-37-28(33)30(23-19-25(35-16-10-8-14-31)24(34-3)18-21(23)20-32)27(22-11-5-7-13-29(22)2)38-26-12-6-9-17-36-26;1-21-16-10-17(24(3)12-16)19(25)22-15-7-5-13(6-8-15)14-9-18(20(26)27-4)23(2)11-14/h4,14,18-20,22,26-27H,1,5-13,15-17H2,2-3H3;5-12,21H,1-4H3,(H,22,25). The van der Waals surface area contributed by atoms with E-state index >= 15 is 0 Å². The van der Waals surface area contributed by atoms with E-state index in [4.69, 9.17) is 28.4 Å². The van der Waals surface area contributed by atoms with E-state index in [1.807, 2.05) is 57.8 Å². The number of ether oxygens (including phenoxy) is 6. The van der Waals surface area contributed by atoms with Crippen LogP contribution in [0.15, 0.2) is 73.6 Å². The normalized spacial score (nSPS) is 16.5. The Kier molecular flexibility index (Phi) is 18.8. The number of piperidine rings is 1. The molecule has 2 aliphatic rings. The predicted molar refractivity (Wildman–Crippen MR) is 247 cm³/mol. The van der Waals surface area contributed by atoms with E-state index in [1.54, 1.807) is 34.4 Å². The molecule has 3 atom stereocenters. The minimum absolute atomic E-state index is 0.00980. The molecular weight excluding hydrogens is 837 g/mol. The van der Waals surface area contributed by atoms with Gasteiger partial charge in [-0.3, -0.25) is 14.5 Å². The van der Waals surface area contributed by atoms with E-state index in [0.717, 1.165) is 61.7 Å². The Morgan fingerprint density at radius 3 is 2.29 bits per heavy atom. The van der Waals surface area contributed by atoms with Gasteiger partial charge >= 0.3 is 12.1 Å². The van der Waals surface area contributed by atoms with E-state index in [2.05, 4.69) is 22.1 Å². The van der Waals surface area contributed by atoms with E-state index in [1.165, 1.54) is 31.3 Å². The lowest BCUT2D eigenvalue weighted by molar-refractivity contribution is -0.200. The number of rotatable bonds is 19. The zero-order chi connectivity index (χ0) is 46.9. The summed E-state index contributed by atoms with van der Waals surface area (Å²) in [6, 6.07) is 14.0. The molecular formula is C48H62N6O11. The van der Waals surface area contributed by atoms with Crippen molar-refractivity contribution in [3.8, 4) is 22.6 Å². The average Bonchev–Trinajstić information content (AvgIpc) is 3.91. The molecule has 4 heterocycles. The first kappa shape index (κ1) is 49.6. The second-order valence-corrected chi connectivity index (χ2v) is 15.7. The Bertz CT molecular complexity index is 2230. The first-order chi connectivity index (χ1) is 31.5. The lowest BCUT2D eigenvalue weighted by Gasteiger charge is -2.44. The van der Waals surface area contributed by atoms with E-state index < -0.39 is 18.6 Å². The van der Waals surface area contributed by atoms with Crippen LogP contribution in [0.2, 0.25) is 0 Å². The summed E-state index contributed by atoms with van der Waals surface area (Å²) in [7, 11) is 10.3. The number of amides is 2. The number of hydrogen-bond donors (Lipinski definition) is 2. The molecule has 0 spiro atoms. The first-order valence-electron chi connectivity index (χ1n) is 21.7. The highest BCUT2D eigenvalue weighted by Crippen LogP contribution is 2.38. The Balaban J connectivity index is 0.000000258. The molecule has 2 fully saturated rings. The van der Waals surface area contributed by atoms with Gasteiger partial charge in [0.25, 0.3) is 5.91 Å². The van der Waals surface area contributed by atoms with Crippen LogP contribution in [-0.2, 0) is 37.8 Å². The number of benzene rings is 2. The molecule has 350 valence electrons. The second kappa shape index (κ2) is 24.6. The van der Waals surface area contributed by atoms with E-state index in [9.17, 15) is 24.0 Å². The van der Waals surface area contributed by atoms with Crippen LogP contribution < -0.4 is 25.0 Å². The fourth-order valence-electron chi connectivity index (χ4n) is 7.68. The van der Waals surface area contributed by atoms with Crippen LogP contribution in [-0.4, -0.2) is 118 Å². The van der Waals surface area contributed by atoms with Crippen molar-refractivity contribution in [1.29, 1.82) is 0 Å². The molecule has 2 aromatic heterocycles. The van der Waals surface area contributed by atoms with Crippen LogP contribution in [0.3, 0.4) is 0 Å². The van der Waals surface area contributed by atoms with Gasteiger partial charge in [0.15, 0.2) is 30.3 Å². The number of methoxy groups -OCH3 is 2. The summed E-state index contributed by atoms with van der Waals surface area (Å²) in [5.74, 6) is 0.116. The molecule has 2 N–H and O–H groups in total. The van der Waals surface area contributed by atoms with Crippen molar-refractivity contribution < 1.29 is 52.4 Å². The summed E-state index contributed by atoms with van der Waals surface area (Å²) in [6.07, 6.45) is 11.0. The molecule has 65 heavy (non-hydrogen) atoms. The van der Waals surface area contributed by atoms with Crippen LogP contribution in [0.1, 0.15) is 82.7 Å². The topological polar surface area (TPSA) is 181 Å². The van der Waals surface area contributed by atoms with Crippen LogP contribution in [0.25, 0.3) is 11.1 Å². The quantitative estimate of drug-likeness (QED) is 0.0312. The summed E-state index contributed by atoms with van der Waals surface area (Å²) in [4.78, 5) is 64.5. The second-order valence-electron chi connectivity index (χ2n) is 15.7. The molecule has 0 aliphatic carbocycles. The van der Waals surface area contributed by atoms with Crippen molar-refractivity contribution in [1.82, 2.24) is 14.0 Å². The van der Waals surface area contributed by atoms with Crippen LogP contribution in [0.4, 0.5) is 21.9 Å². The molecule has 17 nitrogen and oxygen atoms in total. The Morgan fingerprint density at radius 2 is 1.66 bits per heavy atom. The van der Waals surface area contributed by atoms with E-state index in [-0.39, 0.29) is 42.4 Å². The molecule has 3 unspecified atom stereocenters. The molecule has 0 radical (unpaired) electrons. The molecule has 0 saturated carbocycles. The fourth-order valence-corrected chi connectivity index (χ4v) is 7.68. The highest BCUT2D eigenvalue weighted by Gasteiger charge is 2.40. The minimum atomic E-state index is -0.796. The number of anilines is 3. The first-order valence-corrected chi connectivity index (χ1v) is 21.7. The van der Waals surface area contributed by atoms with Gasteiger partial charge in [-0.05, 0) is 88.0 Å². The molecule has 6 rings (SSSR count).